The number of aryl methyl sites for hydroxylation is 2. The minimum absolute atomic E-state index is 0.0730. The molecule has 4 N–H and O–H groups in total. The Kier molecular flexibility index (Phi) is 6.32. The molecular weight excluding hydrogens is 316 g/mol. The minimum Gasteiger partial charge on any atom is -0.369 e. The van der Waals surface area contributed by atoms with Crippen molar-refractivity contribution in [2.24, 2.45) is 5.73 Å². The fraction of sp³-hybridized carbons (Fsp3) is 0.263. The van der Waals surface area contributed by atoms with E-state index in [9.17, 15) is 0 Å². The van der Waals surface area contributed by atoms with E-state index in [0.29, 0.717) is 11.7 Å². The molecular formula is C19H24N4S. The number of para-hydroxylation sites is 1. The van der Waals surface area contributed by atoms with Gasteiger partial charge in [-0.2, -0.15) is 0 Å². The van der Waals surface area contributed by atoms with Crippen molar-refractivity contribution in [3.63, 3.8) is 0 Å². The maximum absolute atomic E-state index is 8.02. The molecule has 4 nitrogen and oxygen atoms in total. The SMILES string of the molecule is CCc1cccc(CC)c1N(C(=N)N)C(=S)NCc1ccccc1. The number of nitrogens with one attached hydrogen (secondary N) is 2. The van der Waals surface area contributed by atoms with Crippen LogP contribution in [0.2, 0.25) is 0 Å². The van der Waals surface area contributed by atoms with Gasteiger partial charge in [0.2, 0.25) is 0 Å². The van der Waals surface area contributed by atoms with Crippen molar-refractivity contribution in [1.82, 2.24) is 5.32 Å². The Labute approximate surface area is 149 Å². The fourth-order valence-corrected chi connectivity index (χ4v) is 2.95. The summed E-state index contributed by atoms with van der Waals surface area (Å²) in [5.74, 6) is -0.0730. The highest BCUT2D eigenvalue weighted by atomic mass is 32.1. The van der Waals surface area contributed by atoms with Gasteiger partial charge in [0.05, 0.1) is 5.69 Å². The van der Waals surface area contributed by atoms with Gasteiger partial charge in [0.15, 0.2) is 11.1 Å². The predicted octanol–water partition coefficient (Wildman–Crippen LogP) is 3.59. The number of hydrogen-bond acceptors (Lipinski definition) is 2. The molecule has 126 valence electrons. The summed E-state index contributed by atoms with van der Waals surface area (Å²) in [4.78, 5) is 1.63. The highest BCUT2D eigenvalue weighted by Gasteiger charge is 2.20. The summed E-state index contributed by atoms with van der Waals surface area (Å²) in [5, 5.41) is 11.7. The van der Waals surface area contributed by atoms with Gasteiger partial charge < -0.3 is 11.1 Å². The lowest BCUT2D eigenvalue weighted by atomic mass is 10.0. The molecule has 0 atom stereocenters. The molecule has 2 aromatic rings. The van der Waals surface area contributed by atoms with Crippen LogP contribution < -0.4 is 16.0 Å². The third-order valence-electron chi connectivity index (χ3n) is 3.92. The van der Waals surface area contributed by atoms with Crippen molar-refractivity contribution in [3.05, 3.63) is 65.2 Å². The molecule has 0 unspecified atom stereocenters. The maximum Gasteiger partial charge on any atom is 0.199 e. The molecule has 0 saturated carbocycles. The van der Waals surface area contributed by atoms with Crippen molar-refractivity contribution in [2.75, 3.05) is 4.90 Å². The summed E-state index contributed by atoms with van der Waals surface area (Å²) >= 11 is 5.54. The summed E-state index contributed by atoms with van der Waals surface area (Å²) < 4.78 is 0. The summed E-state index contributed by atoms with van der Waals surface area (Å²) in [6.07, 6.45) is 1.71. The van der Waals surface area contributed by atoms with Gasteiger partial charge in [-0.05, 0) is 41.7 Å². The standard InChI is InChI=1S/C19H24N4S/c1-3-15-11-8-12-16(4-2)17(15)23(18(20)21)19(24)22-13-14-9-6-5-7-10-14/h5-12H,3-4,13H2,1-2H3,(H3,20,21)(H,22,24). The Morgan fingerprint density at radius 1 is 1.04 bits per heavy atom. The second kappa shape index (κ2) is 8.45. The van der Waals surface area contributed by atoms with Crippen LogP contribution in [0.5, 0.6) is 0 Å². The molecule has 0 amide bonds. The van der Waals surface area contributed by atoms with Crippen molar-refractivity contribution in [3.8, 4) is 0 Å². The van der Waals surface area contributed by atoms with Crippen molar-refractivity contribution < 1.29 is 0 Å². The molecule has 2 aromatic carbocycles. The number of guanidine groups is 1. The average Bonchev–Trinajstić information content (AvgIpc) is 2.60. The van der Waals surface area contributed by atoms with Crippen LogP contribution in [-0.4, -0.2) is 11.1 Å². The molecule has 24 heavy (non-hydrogen) atoms. The van der Waals surface area contributed by atoms with E-state index in [-0.39, 0.29) is 5.96 Å². The Morgan fingerprint density at radius 3 is 2.12 bits per heavy atom. The summed E-state index contributed by atoms with van der Waals surface area (Å²) in [6.45, 7) is 4.78. The van der Waals surface area contributed by atoms with E-state index >= 15 is 0 Å². The van der Waals surface area contributed by atoms with Gasteiger partial charge in [-0.15, -0.1) is 0 Å². The van der Waals surface area contributed by atoms with Crippen LogP contribution in [-0.2, 0) is 19.4 Å². The van der Waals surface area contributed by atoms with Gasteiger partial charge in [-0.25, -0.2) is 0 Å². The predicted molar refractivity (Wildman–Crippen MR) is 105 cm³/mol. The van der Waals surface area contributed by atoms with Gasteiger partial charge >= 0.3 is 0 Å². The van der Waals surface area contributed by atoms with Crippen LogP contribution in [0.25, 0.3) is 0 Å². The highest BCUT2D eigenvalue weighted by Crippen LogP contribution is 2.27. The van der Waals surface area contributed by atoms with Crippen molar-refractivity contribution in [2.45, 2.75) is 33.2 Å². The van der Waals surface area contributed by atoms with Gasteiger partial charge in [0, 0.05) is 6.54 Å². The number of rotatable bonds is 5. The van der Waals surface area contributed by atoms with Crippen LogP contribution in [0.1, 0.15) is 30.5 Å². The summed E-state index contributed by atoms with van der Waals surface area (Å²) in [6, 6.07) is 16.2. The molecule has 0 aromatic heterocycles. The van der Waals surface area contributed by atoms with Gasteiger partial charge in [-0.1, -0.05) is 62.4 Å². The Balaban J connectivity index is 2.29. The first-order chi connectivity index (χ1) is 11.6. The second-order valence-corrected chi connectivity index (χ2v) is 5.88. The number of anilines is 1. The first kappa shape index (κ1) is 17.9. The van der Waals surface area contributed by atoms with Crippen molar-refractivity contribution in [1.29, 1.82) is 5.41 Å². The highest BCUT2D eigenvalue weighted by molar-refractivity contribution is 7.80. The van der Waals surface area contributed by atoms with Gasteiger partial charge in [0.25, 0.3) is 0 Å². The third-order valence-corrected chi connectivity index (χ3v) is 4.25. The number of hydrogen-bond donors (Lipinski definition) is 3. The number of thiocarbonyl (C=S) groups is 1. The molecule has 2 rings (SSSR count). The second-order valence-electron chi connectivity index (χ2n) is 5.50. The normalized spacial score (nSPS) is 10.2. The fourth-order valence-electron chi connectivity index (χ4n) is 2.69. The number of nitrogens with two attached hydrogens (primary N) is 1. The zero-order valence-electron chi connectivity index (χ0n) is 14.2. The molecule has 5 heteroatoms. The van der Waals surface area contributed by atoms with E-state index in [1.165, 1.54) is 0 Å². The van der Waals surface area contributed by atoms with Crippen molar-refractivity contribution >= 4 is 29.0 Å². The minimum atomic E-state index is -0.0730. The van der Waals surface area contributed by atoms with Crippen LogP contribution in [0.4, 0.5) is 5.69 Å². The van der Waals surface area contributed by atoms with Crippen LogP contribution in [0.15, 0.2) is 48.5 Å². The molecule has 0 heterocycles. The van der Waals surface area contributed by atoms with E-state index in [2.05, 4.69) is 31.3 Å². The molecule has 0 aliphatic heterocycles. The monoisotopic (exact) mass is 340 g/mol. The van der Waals surface area contributed by atoms with E-state index < -0.39 is 0 Å². The van der Waals surface area contributed by atoms with E-state index in [4.69, 9.17) is 23.4 Å². The molecule has 0 aliphatic rings. The number of nitrogens with zero attached hydrogens (tertiary/aromatic N) is 1. The molecule has 0 radical (unpaired) electrons. The lowest BCUT2D eigenvalue weighted by Gasteiger charge is -2.28. The van der Waals surface area contributed by atoms with E-state index in [0.717, 1.165) is 35.2 Å². The Hall–Kier alpha value is -2.40. The molecule has 0 aliphatic carbocycles. The van der Waals surface area contributed by atoms with Crippen LogP contribution in [0.3, 0.4) is 0 Å². The maximum atomic E-state index is 8.02. The lowest BCUT2D eigenvalue weighted by Crippen LogP contribution is -2.47. The summed E-state index contributed by atoms with van der Waals surface area (Å²) in [5.41, 5.74) is 10.2. The molecule has 0 spiro atoms. The largest absolute Gasteiger partial charge is 0.369 e. The zero-order valence-corrected chi connectivity index (χ0v) is 15.0. The quantitative estimate of drug-likeness (QED) is 0.442. The first-order valence-electron chi connectivity index (χ1n) is 8.15. The van der Waals surface area contributed by atoms with E-state index in [1.54, 1.807) is 4.90 Å². The third kappa shape index (κ3) is 4.11. The van der Waals surface area contributed by atoms with Gasteiger partial charge in [0.1, 0.15) is 0 Å². The molecule has 0 saturated heterocycles. The van der Waals surface area contributed by atoms with Gasteiger partial charge in [-0.3, -0.25) is 10.3 Å². The average molecular weight is 340 g/mol. The van der Waals surface area contributed by atoms with Crippen LogP contribution in [0, 0.1) is 5.41 Å². The Bertz CT molecular complexity index is 690. The smallest absolute Gasteiger partial charge is 0.199 e. The lowest BCUT2D eigenvalue weighted by molar-refractivity contribution is 0.911. The molecule has 0 bridgehead atoms. The topological polar surface area (TPSA) is 65.1 Å². The van der Waals surface area contributed by atoms with E-state index in [1.807, 2.05) is 36.4 Å². The molecule has 0 fully saturated rings. The number of benzene rings is 2. The summed E-state index contributed by atoms with van der Waals surface area (Å²) in [7, 11) is 0. The first-order valence-corrected chi connectivity index (χ1v) is 8.55. The zero-order chi connectivity index (χ0) is 17.5. The Morgan fingerprint density at radius 2 is 1.62 bits per heavy atom. The van der Waals surface area contributed by atoms with Crippen LogP contribution >= 0.6 is 12.2 Å².